The molecule has 8 nitrogen and oxygen atoms in total. The van der Waals surface area contributed by atoms with E-state index in [1.54, 1.807) is 23.8 Å². The number of rotatable bonds is 11. The number of thioether (sulfide) groups is 1. The molecule has 2 aromatic carbocycles. The van der Waals surface area contributed by atoms with Crippen LogP contribution in [0.4, 0.5) is 0 Å². The second kappa shape index (κ2) is 12.1. The van der Waals surface area contributed by atoms with Gasteiger partial charge in [-0.2, -0.15) is 5.10 Å². The van der Waals surface area contributed by atoms with E-state index in [2.05, 4.69) is 0 Å². The number of hydrogen-bond donors (Lipinski definition) is 1. The molecule has 1 amide bonds. The van der Waals surface area contributed by atoms with Crippen molar-refractivity contribution in [1.82, 2.24) is 14.7 Å². The molecule has 0 spiro atoms. The van der Waals surface area contributed by atoms with E-state index in [9.17, 15) is 9.59 Å². The molecular formula is C27H27N3O5S2. The third kappa shape index (κ3) is 6.20. The number of amides is 1. The Kier molecular flexibility index (Phi) is 8.62. The highest BCUT2D eigenvalue weighted by Crippen LogP contribution is 2.37. The van der Waals surface area contributed by atoms with Gasteiger partial charge in [0.2, 0.25) is 0 Å². The summed E-state index contributed by atoms with van der Waals surface area (Å²) in [6.45, 7) is 0.466. The number of carboxylic acids is 1. The summed E-state index contributed by atoms with van der Waals surface area (Å²) in [5.74, 6) is 0.225. The number of carbonyl (C=O) groups is 2. The van der Waals surface area contributed by atoms with Gasteiger partial charge in [0.05, 0.1) is 24.8 Å². The molecule has 1 fully saturated rings. The monoisotopic (exact) mass is 537 g/mol. The molecule has 3 aromatic rings. The van der Waals surface area contributed by atoms with Crippen LogP contribution in [0.5, 0.6) is 11.5 Å². The van der Waals surface area contributed by atoms with Crippen LogP contribution in [0, 0.1) is 0 Å². The normalized spacial score (nSPS) is 14.4. The van der Waals surface area contributed by atoms with E-state index >= 15 is 0 Å². The second-order valence-electron chi connectivity index (χ2n) is 8.32. The predicted octanol–water partition coefficient (Wildman–Crippen LogP) is 5.40. The van der Waals surface area contributed by atoms with Crippen LogP contribution < -0.4 is 9.47 Å². The number of aromatic nitrogens is 2. The van der Waals surface area contributed by atoms with Gasteiger partial charge in [0, 0.05) is 30.3 Å². The molecule has 1 aromatic heterocycles. The van der Waals surface area contributed by atoms with Crippen molar-refractivity contribution >= 4 is 46.3 Å². The lowest BCUT2D eigenvalue weighted by Crippen LogP contribution is -2.29. The fourth-order valence-electron chi connectivity index (χ4n) is 3.97. The highest BCUT2D eigenvalue weighted by Gasteiger charge is 2.32. The third-order valence-electron chi connectivity index (χ3n) is 5.85. The summed E-state index contributed by atoms with van der Waals surface area (Å²) in [6.07, 6.45) is 5.82. The minimum absolute atomic E-state index is 0.128. The molecule has 1 aliphatic rings. The lowest BCUT2D eigenvalue weighted by Gasteiger charge is -2.13. The largest absolute Gasteiger partial charge is 0.493 e. The van der Waals surface area contributed by atoms with Crippen molar-refractivity contribution in [2.75, 3.05) is 20.8 Å². The summed E-state index contributed by atoms with van der Waals surface area (Å²) in [4.78, 5) is 26.0. The summed E-state index contributed by atoms with van der Waals surface area (Å²) in [7, 11) is 3.17. The Morgan fingerprint density at radius 2 is 1.84 bits per heavy atom. The van der Waals surface area contributed by atoms with Gasteiger partial charge in [0.1, 0.15) is 10.0 Å². The first-order valence-corrected chi connectivity index (χ1v) is 13.0. The van der Waals surface area contributed by atoms with Crippen molar-refractivity contribution < 1.29 is 24.2 Å². The Balaban J connectivity index is 1.64. The van der Waals surface area contributed by atoms with Crippen LogP contribution in [-0.2, 0) is 9.59 Å². The number of carbonyl (C=O) groups excluding carboxylic acids is 1. The maximum Gasteiger partial charge on any atom is 0.303 e. The first kappa shape index (κ1) is 26.4. The predicted molar refractivity (Wildman–Crippen MR) is 148 cm³/mol. The lowest BCUT2D eigenvalue weighted by atomic mass is 10.1. The average Bonchev–Trinajstić information content (AvgIpc) is 3.44. The molecule has 0 saturated carbocycles. The van der Waals surface area contributed by atoms with Crippen molar-refractivity contribution in [2.24, 2.45) is 0 Å². The van der Waals surface area contributed by atoms with Crippen LogP contribution in [-0.4, -0.2) is 56.7 Å². The number of thiocarbonyl (C=S) groups is 1. The number of methoxy groups -OCH3 is 2. The highest BCUT2D eigenvalue weighted by molar-refractivity contribution is 8.26. The van der Waals surface area contributed by atoms with E-state index in [1.807, 2.05) is 60.8 Å². The summed E-state index contributed by atoms with van der Waals surface area (Å²) in [6, 6.07) is 15.3. The standard InChI is InChI=1S/C27H27N3O5S2/c1-34-21-13-12-18(15-22(21)35-2)25-19(17-30(28-25)20-9-5-3-6-10-20)16-23-26(33)29(27(36)37-23)14-8-4-7-11-24(31)32/h3,5-6,9-10,12-13,15-17H,4,7-8,11,14H2,1-2H3,(H,31,32)/b23-16-. The van der Waals surface area contributed by atoms with Gasteiger partial charge >= 0.3 is 5.97 Å². The van der Waals surface area contributed by atoms with Crippen LogP contribution >= 0.6 is 24.0 Å². The lowest BCUT2D eigenvalue weighted by molar-refractivity contribution is -0.137. The van der Waals surface area contributed by atoms with Crippen LogP contribution in [0.15, 0.2) is 59.6 Å². The molecule has 0 bridgehead atoms. The SMILES string of the molecule is COc1ccc(-c2nn(-c3ccccc3)cc2/C=C2\SC(=S)N(CCCCCC(=O)O)C2=O)cc1OC. The molecule has 0 unspecified atom stereocenters. The molecule has 0 atom stereocenters. The molecule has 10 heteroatoms. The molecule has 1 N–H and O–H groups in total. The Bertz CT molecular complexity index is 1340. The van der Waals surface area contributed by atoms with Crippen LogP contribution in [0.1, 0.15) is 31.2 Å². The fraction of sp³-hybridized carbons (Fsp3) is 0.259. The minimum Gasteiger partial charge on any atom is -0.493 e. The molecule has 2 heterocycles. The Hall–Kier alpha value is -3.63. The number of aliphatic carboxylic acids is 1. The highest BCUT2D eigenvalue weighted by atomic mass is 32.2. The number of nitrogens with zero attached hydrogens (tertiary/aromatic N) is 3. The summed E-state index contributed by atoms with van der Waals surface area (Å²) < 4.78 is 13.1. The molecule has 0 aliphatic carbocycles. The van der Waals surface area contributed by atoms with Gasteiger partial charge in [-0.1, -0.05) is 48.6 Å². The Morgan fingerprint density at radius 3 is 2.54 bits per heavy atom. The smallest absolute Gasteiger partial charge is 0.303 e. The van der Waals surface area contributed by atoms with Crippen LogP contribution in [0.25, 0.3) is 23.0 Å². The summed E-state index contributed by atoms with van der Waals surface area (Å²) in [5.41, 5.74) is 3.15. The molecule has 1 saturated heterocycles. The maximum atomic E-state index is 13.2. The average molecular weight is 538 g/mol. The maximum absolute atomic E-state index is 13.2. The van der Waals surface area contributed by atoms with Gasteiger partial charge in [-0.15, -0.1) is 0 Å². The van der Waals surface area contributed by atoms with Gasteiger partial charge in [-0.3, -0.25) is 14.5 Å². The number of hydrogen-bond acceptors (Lipinski definition) is 7. The van der Waals surface area contributed by atoms with Crippen molar-refractivity contribution in [3.05, 3.63) is 65.2 Å². The Labute approximate surface area is 224 Å². The zero-order valence-electron chi connectivity index (χ0n) is 20.5. The van der Waals surface area contributed by atoms with Crippen molar-refractivity contribution in [3.8, 4) is 28.4 Å². The van der Waals surface area contributed by atoms with E-state index in [1.165, 1.54) is 11.8 Å². The number of ether oxygens (including phenoxy) is 2. The van der Waals surface area contributed by atoms with E-state index in [4.69, 9.17) is 31.9 Å². The third-order valence-corrected chi connectivity index (χ3v) is 7.23. The van der Waals surface area contributed by atoms with Gasteiger partial charge < -0.3 is 14.6 Å². The van der Waals surface area contributed by atoms with Gasteiger partial charge in [0.15, 0.2) is 11.5 Å². The van der Waals surface area contributed by atoms with Crippen molar-refractivity contribution in [3.63, 3.8) is 0 Å². The topological polar surface area (TPSA) is 93.9 Å². The molecular weight excluding hydrogens is 510 g/mol. The molecule has 192 valence electrons. The summed E-state index contributed by atoms with van der Waals surface area (Å²) in [5, 5.41) is 13.6. The zero-order valence-corrected chi connectivity index (χ0v) is 22.2. The van der Waals surface area contributed by atoms with Gasteiger partial charge in [-0.25, -0.2) is 4.68 Å². The first-order valence-electron chi connectivity index (χ1n) is 11.8. The number of carboxylic acid groups (broad SMARTS) is 1. The van der Waals surface area contributed by atoms with Crippen LogP contribution in [0.2, 0.25) is 0 Å². The van der Waals surface area contributed by atoms with E-state index in [0.717, 1.165) is 23.2 Å². The van der Waals surface area contributed by atoms with Crippen molar-refractivity contribution in [1.29, 1.82) is 0 Å². The summed E-state index contributed by atoms with van der Waals surface area (Å²) >= 11 is 6.74. The molecule has 0 radical (unpaired) electrons. The molecule has 1 aliphatic heterocycles. The number of unbranched alkanes of at least 4 members (excludes halogenated alkanes) is 2. The quantitative estimate of drug-likeness (QED) is 0.197. The second-order valence-corrected chi connectivity index (χ2v) is 10.00. The fourth-order valence-corrected chi connectivity index (χ4v) is 5.27. The first-order chi connectivity index (χ1) is 17.9. The Morgan fingerprint density at radius 1 is 1.08 bits per heavy atom. The van der Waals surface area contributed by atoms with Crippen molar-refractivity contribution in [2.45, 2.75) is 25.7 Å². The molecule has 4 rings (SSSR count). The molecule has 37 heavy (non-hydrogen) atoms. The van der Waals surface area contributed by atoms with E-state index in [-0.39, 0.29) is 12.3 Å². The van der Waals surface area contributed by atoms with E-state index in [0.29, 0.717) is 45.8 Å². The van der Waals surface area contributed by atoms with Crippen LogP contribution in [0.3, 0.4) is 0 Å². The van der Waals surface area contributed by atoms with E-state index < -0.39 is 5.97 Å². The number of benzene rings is 2. The number of para-hydroxylation sites is 1. The zero-order chi connectivity index (χ0) is 26.4. The minimum atomic E-state index is -0.810. The van der Waals surface area contributed by atoms with Gasteiger partial charge in [-0.05, 0) is 49.2 Å². The van der Waals surface area contributed by atoms with Gasteiger partial charge in [0.25, 0.3) is 5.91 Å².